The van der Waals surface area contributed by atoms with Crippen LogP contribution in [0.5, 0.6) is 23.0 Å². The summed E-state index contributed by atoms with van der Waals surface area (Å²) < 4.78 is 24.3. The molecule has 7 rings (SSSR count). The average Bonchev–Trinajstić information content (AvgIpc) is 3.63. The van der Waals surface area contributed by atoms with Crippen molar-refractivity contribution in [2.24, 2.45) is 0 Å². The van der Waals surface area contributed by atoms with Gasteiger partial charge in [-0.3, -0.25) is 4.90 Å². The number of quaternary nitrogens is 1. The van der Waals surface area contributed by atoms with E-state index in [4.69, 9.17) is 18.9 Å². The van der Waals surface area contributed by atoms with Crippen molar-refractivity contribution in [1.82, 2.24) is 4.90 Å². The number of rotatable bonds is 4. The van der Waals surface area contributed by atoms with Crippen LogP contribution in [0.25, 0.3) is 0 Å². The van der Waals surface area contributed by atoms with Gasteiger partial charge in [0, 0.05) is 50.8 Å². The van der Waals surface area contributed by atoms with Crippen molar-refractivity contribution in [3.8, 4) is 23.0 Å². The van der Waals surface area contributed by atoms with Crippen molar-refractivity contribution >= 4 is 11.4 Å². The molecule has 1 spiro atoms. The molecule has 9 heteroatoms. The van der Waals surface area contributed by atoms with E-state index in [0.29, 0.717) is 32.5 Å². The van der Waals surface area contributed by atoms with Crippen molar-refractivity contribution in [3.63, 3.8) is 0 Å². The molecule has 0 bridgehead atoms. The third-order valence-corrected chi connectivity index (χ3v) is 9.36. The monoisotopic (exact) mass is 588 g/mol. The van der Waals surface area contributed by atoms with Gasteiger partial charge in [-0.05, 0) is 44.5 Å². The Kier molecular flexibility index (Phi) is 9.30. The second kappa shape index (κ2) is 12.7. The number of benzene rings is 2. The number of hydrogen-bond acceptors (Lipinski definition) is 7. The molecule has 217 valence electrons. The van der Waals surface area contributed by atoms with Crippen molar-refractivity contribution in [2.45, 2.75) is 39.3 Å². The first kappa shape index (κ1) is 29.2. The molecule has 5 aliphatic rings. The molecule has 1 radical (unpaired) electrons. The number of piperazine rings is 2. The Balaban J connectivity index is 0.000000157. The maximum absolute atomic E-state index is 5.82. The van der Waals surface area contributed by atoms with E-state index in [1.807, 2.05) is 12.1 Å². The largest absolute Gasteiger partial charge is 0.486 e. The van der Waals surface area contributed by atoms with Gasteiger partial charge in [-0.2, -0.15) is 0 Å². The molecular weight excluding hydrogens is 543 g/mol. The third kappa shape index (κ3) is 6.01. The summed E-state index contributed by atoms with van der Waals surface area (Å²) in [4.78, 5) is 7.46. The van der Waals surface area contributed by atoms with E-state index in [-0.39, 0.29) is 18.6 Å². The van der Waals surface area contributed by atoms with E-state index in [0.717, 1.165) is 68.3 Å². The zero-order chi connectivity index (χ0) is 26.8. The van der Waals surface area contributed by atoms with Crippen LogP contribution in [0.3, 0.4) is 0 Å². The van der Waals surface area contributed by atoms with E-state index >= 15 is 0 Å². The van der Waals surface area contributed by atoms with Gasteiger partial charge in [-0.25, -0.2) is 0 Å². The average molecular weight is 589 g/mol. The van der Waals surface area contributed by atoms with Crippen molar-refractivity contribution < 1.29 is 42.0 Å². The van der Waals surface area contributed by atoms with E-state index in [1.165, 1.54) is 41.9 Å². The van der Waals surface area contributed by atoms with Gasteiger partial charge < -0.3 is 33.2 Å². The Hall–Kier alpha value is -2.26. The van der Waals surface area contributed by atoms with Crippen molar-refractivity contribution in [1.29, 1.82) is 0 Å². The summed E-state index contributed by atoms with van der Waals surface area (Å²) in [7, 11) is 0. The van der Waals surface area contributed by atoms with Gasteiger partial charge >= 0.3 is 0 Å². The summed E-state index contributed by atoms with van der Waals surface area (Å²) in [5.41, 5.74) is 2.40. The second-order valence-electron chi connectivity index (χ2n) is 11.6. The summed E-state index contributed by atoms with van der Waals surface area (Å²) in [5, 5.41) is 0. The number of nitrogens with zero attached hydrogens (tertiary/aromatic N) is 4. The van der Waals surface area contributed by atoms with Crippen LogP contribution in [0.2, 0.25) is 0 Å². The Morgan fingerprint density at radius 3 is 1.70 bits per heavy atom. The number of ether oxygens (including phenoxy) is 4. The third-order valence-electron chi connectivity index (χ3n) is 9.36. The maximum atomic E-state index is 5.82. The predicted octanol–water partition coefficient (Wildman–Crippen LogP) is 3.87. The molecule has 5 heterocycles. The Bertz CT molecular complexity index is 1130. The molecule has 2 atom stereocenters. The fraction of sp³-hybridized carbons (Fsp3) is 0.613. The maximum Gasteiger partial charge on any atom is 0.184 e. The van der Waals surface area contributed by atoms with Crippen molar-refractivity contribution in [2.75, 3.05) is 95.1 Å². The zero-order valence-corrected chi connectivity index (χ0v) is 25.8. The summed E-state index contributed by atoms with van der Waals surface area (Å²) in [6.07, 6.45) is 1.22. The first-order valence-electron chi connectivity index (χ1n) is 14.9. The summed E-state index contributed by atoms with van der Waals surface area (Å²) >= 11 is 0. The smallest absolute Gasteiger partial charge is 0.184 e. The molecule has 8 nitrogen and oxygen atoms in total. The Labute approximate surface area is 251 Å². The number of para-hydroxylation sites is 2. The molecule has 2 aromatic rings. The van der Waals surface area contributed by atoms with Crippen LogP contribution < -0.4 is 28.7 Å². The van der Waals surface area contributed by atoms with E-state index < -0.39 is 0 Å². The van der Waals surface area contributed by atoms with E-state index in [1.54, 1.807) is 0 Å². The molecule has 0 saturated carbocycles. The van der Waals surface area contributed by atoms with Crippen LogP contribution >= 0.6 is 0 Å². The van der Waals surface area contributed by atoms with Gasteiger partial charge in [0.15, 0.2) is 23.0 Å². The van der Waals surface area contributed by atoms with Crippen LogP contribution in [0.4, 0.5) is 11.4 Å². The minimum Gasteiger partial charge on any atom is -0.486 e. The Morgan fingerprint density at radius 1 is 0.750 bits per heavy atom. The Morgan fingerprint density at radius 2 is 1.23 bits per heavy atom. The van der Waals surface area contributed by atoms with Gasteiger partial charge in [-0.1, -0.05) is 19.1 Å². The minimum absolute atomic E-state index is 0. The first-order chi connectivity index (χ1) is 19.1. The van der Waals surface area contributed by atoms with E-state index in [9.17, 15) is 0 Å². The SMILES string of the molecule is CC1C[N+]12CCN(c1cccc3c1OCCO3)CC2.CCC(C)N1CCN(c2cccc3c2OCCO3)CC1.[V]. The van der Waals surface area contributed by atoms with Crippen LogP contribution in [0, 0.1) is 0 Å². The van der Waals surface area contributed by atoms with Gasteiger partial charge in [0.1, 0.15) is 39.0 Å². The number of anilines is 2. The molecule has 5 aliphatic heterocycles. The van der Waals surface area contributed by atoms with Crippen molar-refractivity contribution in [3.05, 3.63) is 36.4 Å². The molecule has 2 unspecified atom stereocenters. The topological polar surface area (TPSA) is 46.6 Å². The van der Waals surface area contributed by atoms with Gasteiger partial charge in [0.25, 0.3) is 0 Å². The molecule has 3 fully saturated rings. The number of fused-ring (bicyclic) bond motifs is 2. The molecule has 0 aliphatic carbocycles. The van der Waals surface area contributed by atoms with Gasteiger partial charge in [-0.15, -0.1) is 0 Å². The minimum atomic E-state index is 0. The van der Waals surface area contributed by atoms with E-state index in [2.05, 4.69) is 59.7 Å². The van der Waals surface area contributed by atoms with Crippen LogP contribution in [-0.2, 0) is 18.6 Å². The number of hydrogen-bond donors (Lipinski definition) is 0. The molecule has 0 N–H and O–H groups in total. The summed E-state index contributed by atoms with van der Waals surface area (Å²) in [6, 6.07) is 14.0. The molecule has 40 heavy (non-hydrogen) atoms. The fourth-order valence-electron chi connectivity index (χ4n) is 6.48. The normalized spacial score (nSPS) is 23.4. The quantitative estimate of drug-likeness (QED) is 0.397. The molecule has 3 saturated heterocycles. The molecular formula is C31H45N4O4V+. The molecule has 0 aromatic heterocycles. The second-order valence-corrected chi connectivity index (χ2v) is 11.6. The first-order valence-corrected chi connectivity index (χ1v) is 14.9. The zero-order valence-electron chi connectivity index (χ0n) is 24.4. The summed E-state index contributed by atoms with van der Waals surface area (Å²) in [5.74, 6) is 3.66. The fourth-order valence-corrected chi connectivity index (χ4v) is 6.48. The molecule has 2 aromatic carbocycles. The molecule has 0 amide bonds. The van der Waals surface area contributed by atoms with Gasteiger partial charge in [0.05, 0.1) is 37.6 Å². The van der Waals surface area contributed by atoms with Crippen LogP contribution in [-0.4, -0.2) is 107 Å². The van der Waals surface area contributed by atoms with Crippen LogP contribution in [0.1, 0.15) is 27.2 Å². The predicted molar refractivity (Wildman–Crippen MR) is 155 cm³/mol. The van der Waals surface area contributed by atoms with Gasteiger partial charge in [0.2, 0.25) is 0 Å². The summed E-state index contributed by atoms with van der Waals surface area (Å²) in [6.45, 7) is 20.1. The van der Waals surface area contributed by atoms with Crippen LogP contribution in [0.15, 0.2) is 36.4 Å². The standard InChI is InChI=1S/C16H24N2O2.C15H21N2O2.V/c1-3-13(2)17-7-9-18(10-8-17)14-5-4-6-15-16(14)20-12-11-19-15;1-12-11-17(12)7-5-16(6-8-17)13-3-2-4-14-15(13)19-10-9-18-14;/h4-6,13H,3,7-12H2,1-2H3;2-4,12H,5-11H2,1H3;/q;+1;.